The highest BCUT2D eigenvalue weighted by Crippen LogP contribution is 2.02. The lowest BCUT2D eigenvalue weighted by Crippen LogP contribution is -2.40. The van der Waals surface area contributed by atoms with Crippen LogP contribution in [-0.4, -0.2) is 35.0 Å². The molecule has 6 nitrogen and oxygen atoms in total. The molecule has 0 spiro atoms. The third kappa shape index (κ3) is 5.67. The Kier molecular flexibility index (Phi) is 5.53. The van der Waals surface area contributed by atoms with E-state index in [1.54, 1.807) is 7.05 Å². The number of benzene rings is 1. The van der Waals surface area contributed by atoms with Gasteiger partial charge in [0.25, 0.3) is 0 Å². The van der Waals surface area contributed by atoms with Gasteiger partial charge in [-0.25, -0.2) is 4.79 Å². The van der Waals surface area contributed by atoms with E-state index >= 15 is 0 Å². The van der Waals surface area contributed by atoms with E-state index in [9.17, 15) is 14.4 Å². The van der Waals surface area contributed by atoms with Crippen LogP contribution in [0, 0.1) is 0 Å². The standard InChI is InChI=1S/C13H16N2O4/c1-15(9-10-5-3-2-4-6-10)13(19)14-11(16)7-8-12(17)18/h2-6H,7-9H2,1H3,(H,17,18)(H,14,16,19). The topological polar surface area (TPSA) is 86.7 Å². The molecule has 0 saturated heterocycles. The number of nitrogens with one attached hydrogen (secondary N) is 1. The molecule has 1 rings (SSSR count). The van der Waals surface area contributed by atoms with Crippen LogP contribution in [0.5, 0.6) is 0 Å². The molecular weight excluding hydrogens is 248 g/mol. The number of rotatable bonds is 5. The van der Waals surface area contributed by atoms with Gasteiger partial charge < -0.3 is 10.0 Å². The van der Waals surface area contributed by atoms with Crippen LogP contribution in [0.4, 0.5) is 4.79 Å². The maximum atomic E-state index is 11.6. The van der Waals surface area contributed by atoms with Crippen LogP contribution in [0.3, 0.4) is 0 Å². The van der Waals surface area contributed by atoms with Crippen molar-refractivity contribution in [2.75, 3.05) is 7.05 Å². The highest BCUT2D eigenvalue weighted by Gasteiger charge is 2.13. The zero-order valence-electron chi connectivity index (χ0n) is 10.6. The van der Waals surface area contributed by atoms with Gasteiger partial charge in [0.1, 0.15) is 0 Å². The van der Waals surface area contributed by atoms with E-state index in [1.807, 2.05) is 30.3 Å². The Morgan fingerprint density at radius 3 is 2.37 bits per heavy atom. The molecule has 0 radical (unpaired) electrons. The first-order valence-corrected chi connectivity index (χ1v) is 5.79. The summed E-state index contributed by atoms with van der Waals surface area (Å²) in [7, 11) is 1.56. The van der Waals surface area contributed by atoms with Crippen molar-refractivity contribution in [3.05, 3.63) is 35.9 Å². The second-order valence-electron chi connectivity index (χ2n) is 4.09. The molecule has 0 saturated carbocycles. The number of imide groups is 1. The molecular formula is C13H16N2O4. The summed E-state index contributed by atoms with van der Waals surface area (Å²) in [5.74, 6) is -1.66. The van der Waals surface area contributed by atoms with Crippen LogP contribution < -0.4 is 5.32 Å². The van der Waals surface area contributed by atoms with Gasteiger partial charge in [0, 0.05) is 20.0 Å². The first-order valence-electron chi connectivity index (χ1n) is 5.79. The lowest BCUT2D eigenvalue weighted by Gasteiger charge is -2.17. The average Bonchev–Trinajstić information content (AvgIpc) is 2.37. The zero-order valence-corrected chi connectivity index (χ0v) is 10.6. The molecule has 1 aromatic rings. The lowest BCUT2D eigenvalue weighted by molar-refractivity contribution is -0.138. The van der Waals surface area contributed by atoms with Crippen molar-refractivity contribution in [1.29, 1.82) is 0 Å². The van der Waals surface area contributed by atoms with Gasteiger partial charge in [-0.3, -0.25) is 14.9 Å². The van der Waals surface area contributed by atoms with E-state index in [4.69, 9.17) is 5.11 Å². The van der Waals surface area contributed by atoms with Gasteiger partial charge in [0.15, 0.2) is 0 Å². The second-order valence-corrected chi connectivity index (χ2v) is 4.09. The van der Waals surface area contributed by atoms with Crippen molar-refractivity contribution in [3.63, 3.8) is 0 Å². The van der Waals surface area contributed by atoms with Gasteiger partial charge >= 0.3 is 12.0 Å². The van der Waals surface area contributed by atoms with Crippen molar-refractivity contribution in [2.45, 2.75) is 19.4 Å². The Hall–Kier alpha value is -2.37. The summed E-state index contributed by atoms with van der Waals surface area (Å²) in [6.07, 6.45) is -0.498. The third-order valence-electron chi connectivity index (χ3n) is 2.42. The van der Waals surface area contributed by atoms with E-state index in [0.717, 1.165) is 5.56 Å². The number of aliphatic carboxylic acids is 1. The monoisotopic (exact) mass is 264 g/mol. The molecule has 0 atom stereocenters. The smallest absolute Gasteiger partial charge is 0.324 e. The quantitative estimate of drug-likeness (QED) is 0.837. The van der Waals surface area contributed by atoms with Crippen LogP contribution in [0.2, 0.25) is 0 Å². The SMILES string of the molecule is CN(Cc1ccccc1)C(=O)NC(=O)CCC(=O)O. The van der Waals surface area contributed by atoms with E-state index in [1.165, 1.54) is 4.90 Å². The molecule has 0 unspecified atom stereocenters. The Balaban J connectivity index is 2.40. The molecule has 6 heteroatoms. The Morgan fingerprint density at radius 2 is 1.79 bits per heavy atom. The third-order valence-corrected chi connectivity index (χ3v) is 2.42. The fraction of sp³-hybridized carbons (Fsp3) is 0.308. The summed E-state index contributed by atoms with van der Waals surface area (Å²) in [4.78, 5) is 34.6. The van der Waals surface area contributed by atoms with Gasteiger partial charge in [-0.05, 0) is 5.56 Å². The van der Waals surface area contributed by atoms with Crippen LogP contribution in [0.25, 0.3) is 0 Å². The Morgan fingerprint density at radius 1 is 1.16 bits per heavy atom. The molecule has 0 aliphatic heterocycles. The average molecular weight is 264 g/mol. The second kappa shape index (κ2) is 7.15. The summed E-state index contributed by atoms with van der Waals surface area (Å²) >= 11 is 0. The first-order chi connectivity index (χ1) is 8.99. The van der Waals surface area contributed by atoms with E-state index in [2.05, 4.69) is 5.32 Å². The van der Waals surface area contributed by atoms with Gasteiger partial charge in [0.05, 0.1) is 6.42 Å². The minimum atomic E-state index is -1.07. The highest BCUT2D eigenvalue weighted by molar-refractivity contribution is 5.95. The Bertz CT molecular complexity index is 459. The van der Waals surface area contributed by atoms with Crippen LogP contribution in [0.15, 0.2) is 30.3 Å². The van der Waals surface area contributed by atoms with Gasteiger partial charge in [-0.2, -0.15) is 0 Å². The van der Waals surface area contributed by atoms with Crippen molar-refractivity contribution in [2.24, 2.45) is 0 Å². The predicted molar refractivity (Wildman–Crippen MR) is 68.3 cm³/mol. The van der Waals surface area contributed by atoms with Crippen LogP contribution >= 0.6 is 0 Å². The number of carbonyl (C=O) groups excluding carboxylic acids is 2. The lowest BCUT2D eigenvalue weighted by atomic mass is 10.2. The number of urea groups is 1. The van der Waals surface area contributed by atoms with Crippen molar-refractivity contribution in [1.82, 2.24) is 10.2 Å². The normalized spacial score (nSPS) is 9.74. The number of carboxylic acid groups (broad SMARTS) is 1. The number of nitrogens with zero attached hydrogens (tertiary/aromatic N) is 1. The molecule has 0 heterocycles. The fourth-order valence-corrected chi connectivity index (χ4v) is 1.43. The number of amides is 3. The van der Waals surface area contributed by atoms with Crippen LogP contribution in [0.1, 0.15) is 18.4 Å². The summed E-state index contributed by atoms with van der Waals surface area (Å²) in [6, 6.07) is 8.79. The molecule has 3 amide bonds. The molecule has 0 aliphatic carbocycles. The van der Waals surface area contributed by atoms with Crippen molar-refractivity contribution >= 4 is 17.9 Å². The zero-order chi connectivity index (χ0) is 14.3. The maximum absolute atomic E-state index is 11.6. The molecule has 0 aliphatic rings. The van der Waals surface area contributed by atoms with Gasteiger partial charge in [-0.15, -0.1) is 0 Å². The number of carboxylic acids is 1. The van der Waals surface area contributed by atoms with Gasteiger partial charge in [0.2, 0.25) is 5.91 Å². The first kappa shape index (κ1) is 14.7. The molecule has 102 valence electrons. The molecule has 2 N–H and O–H groups in total. The van der Waals surface area contributed by atoms with E-state index in [0.29, 0.717) is 6.54 Å². The highest BCUT2D eigenvalue weighted by atomic mass is 16.4. The molecule has 0 fully saturated rings. The largest absolute Gasteiger partial charge is 0.481 e. The van der Waals surface area contributed by atoms with E-state index < -0.39 is 17.9 Å². The minimum absolute atomic E-state index is 0.208. The van der Waals surface area contributed by atoms with Crippen molar-refractivity contribution in [3.8, 4) is 0 Å². The summed E-state index contributed by atoms with van der Waals surface area (Å²) in [5.41, 5.74) is 0.943. The summed E-state index contributed by atoms with van der Waals surface area (Å²) in [6.45, 7) is 0.374. The number of carbonyl (C=O) groups is 3. The Labute approximate surface area is 111 Å². The minimum Gasteiger partial charge on any atom is -0.481 e. The predicted octanol–water partition coefficient (Wildman–Crippen LogP) is 1.22. The van der Waals surface area contributed by atoms with Crippen molar-refractivity contribution < 1.29 is 19.5 Å². The maximum Gasteiger partial charge on any atom is 0.324 e. The molecule has 19 heavy (non-hydrogen) atoms. The van der Waals surface area contributed by atoms with E-state index in [-0.39, 0.29) is 12.8 Å². The summed E-state index contributed by atoms with van der Waals surface area (Å²) in [5, 5.41) is 10.6. The number of hydrogen-bond donors (Lipinski definition) is 2. The molecule has 1 aromatic carbocycles. The molecule has 0 aromatic heterocycles. The van der Waals surface area contributed by atoms with Crippen LogP contribution in [-0.2, 0) is 16.1 Å². The molecule has 0 bridgehead atoms. The summed E-state index contributed by atoms with van der Waals surface area (Å²) < 4.78 is 0. The fourth-order valence-electron chi connectivity index (χ4n) is 1.43. The number of hydrogen-bond acceptors (Lipinski definition) is 3. The van der Waals surface area contributed by atoms with Gasteiger partial charge in [-0.1, -0.05) is 30.3 Å².